The highest BCUT2D eigenvalue weighted by Gasteiger charge is 2.34. The van der Waals surface area contributed by atoms with Gasteiger partial charge in [-0.2, -0.15) is 0 Å². The van der Waals surface area contributed by atoms with Gasteiger partial charge in [-0.3, -0.25) is 9.59 Å². The maximum absolute atomic E-state index is 13.9. The predicted molar refractivity (Wildman–Crippen MR) is 140 cm³/mol. The summed E-state index contributed by atoms with van der Waals surface area (Å²) >= 11 is 6.01. The van der Waals surface area contributed by atoms with Gasteiger partial charge >= 0.3 is 12.1 Å². The Hall–Kier alpha value is -3.13. The molecule has 1 aliphatic rings. The first kappa shape index (κ1) is 28.4. The second-order valence-electron chi connectivity index (χ2n) is 11.2. The standard InChI is InChI=1S/C28H34ClFN2O5/c1-27(2,3)36-25(34)14-24(33)32(15-18-11-21(29)13-22(30)12-18)23-9-7-19(8-10-23)20-16-31(17-20)26(35)37-28(4,5)6/h7-13,20H,14-17H2,1-6H3. The third kappa shape index (κ3) is 8.45. The van der Waals surface area contributed by atoms with Gasteiger partial charge in [-0.05, 0) is 83.0 Å². The van der Waals surface area contributed by atoms with Crippen LogP contribution < -0.4 is 4.90 Å². The monoisotopic (exact) mass is 532 g/mol. The van der Waals surface area contributed by atoms with Crippen molar-refractivity contribution in [1.82, 2.24) is 4.90 Å². The summed E-state index contributed by atoms with van der Waals surface area (Å²) in [6, 6.07) is 11.4. The molecule has 0 aromatic heterocycles. The van der Waals surface area contributed by atoms with E-state index in [0.29, 0.717) is 24.3 Å². The van der Waals surface area contributed by atoms with E-state index < -0.39 is 35.3 Å². The van der Waals surface area contributed by atoms with E-state index in [1.54, 1.807) is 43.9 Å². The molecule has 7 nitrogen and oxygen atoms in total. The van der Waals surface area contributed by atoms with Crippen LogP contribution in [0.4, 0.5) is 14.9 Å². The van der Waals surface area contributed by atoms with Gasteiger partial charge in [0.05, 0.1) is 6.54 Å². The average Bonchev–Trinajstić information content (AvgIpc) is 2.68. The molecule has 1 fully saturated rings. The lowest BCUT2D eigenvalue weighted by Crippen LogP contribution is -2.50. The SMILES string of the molecule is CC(C)(C)OC(=O)CC(=O)N(Cc1cc(F)cc(Cl)c1)c1ccc(C2CN(C(=O)OC(C)(C)C)C2)cc1. The average molecular weight is 533 g/mol. The van der Waals surface area contributed by atoms with E-state index in [-0.39, 0.29) is 23.6 Å². The van der Waals surface area contributed by atoms with Crippen molar-refractivity contribution in [2.45, 2.75) is 71.6 Å². The first-order chi connectivity index (χ1) is 17.1. The van der Waals surface area contributed by atoms with Gasteiger partial charge < -0.3 is 19.3 Å². The topological polar surface area (TPSA) is 76.2 Å². The van der Waals surface area contributed by atoms with Crippen LogP contribution in [0.15, 0.2) is 42.5 Å². The number of amides is 2. The quantitative estimate of drug-likeness (QED) is 0.333. The highest BCUT2D eigenvalue weighted by atomic mass is 35.5. The van der Waals surface area contributed by atoms with Crippen LogP contribution in [0.2, 0.25) is 5.02 Å². The lowest BCUT2D eigenvalue weighted by Gasteiger charge is -2.40. The summed E-state index contributed by atoms with van der Waals surface area (Å²) in [6.07, 6.45) is -0.803. The molecule has 1 aliphatic heterocycles. The van der Waals surface area contributed by atoms with Crippen molar-refractivity contribution >= 4 is 35.3 Å². The molecule has 0 saturated carbocycles. The highest BCUT2D eigenvalue weighted by Crippen LogP contribution is 2.30. The molecule has 3 rings (SSSR count). The third-order valence-electron chi connectivity index (χ3n) is 5.49. The highest BCUT2D eigenvalue weighted by molar-refractivity contribution is 6.30. The van der Waals surface area contributed by atoms with Crippen molar-refractivity contribution in [2.24, 2.45) is 0 Å². The molecule has 2 aromatic carbocycles. The number of ether oxygens (including phenoxy) is 2. The molecule has 0 bridgehead atoms. The molecule has 0 radical (unpaired) electrons. The van der Waals surface area contributed by atoms with Gasteiger partial charge in [-0.1, -0.05) is 23.7 Å². The molecule has 2 aromatic rings. The van der Waals surface area contributed by atoms with Gasteiger partial charge in [0.15, 0.2) is 0 Å². The molecule has 1 heterocycles. The number of anilines is 1. The van der Waals surface area contributed by atoms with Crippen molar-refractivity contribution in [3.8, 4) is 0 Å². The zero-order valence-corrected chi connectivity index (χ0v) is 22.9. The second-order valence-corrected chi connectivity index (χ2v) is 11.6. The van der Waals surface area contributed by atoms with Crippen LogP contribution in [0.25, 0.3) is 0 Å². The van der Waals surface area contributed by atoms with Gasteiger partial charge in [-0.15, -0.1) is 0 Å². The summed E-state index contributed by atoms with van der Waals surface area (Å²) in [7, 11) is 0. The molecule has 0 aliphatic carbocycles. The van der Waals surface area contributed by atoms with E-state index >= 15 is 0 Å². The van der Waals surface area contributed by atoms with Crippen LogP contribution >= 0.6 is 11.6 Å². The van der Waals surface area contributed by atoms with Crippen LogP contribution in [0, 0.1) is 5.82 Å². The number of esters is 1. The number of hydrogen-bond acceptors (Lipinski definition) is 5. The van der Waals surface area contributed by atoms with Crippen LogP contribution in [0.5, 0.6) is 0 Å². The first-order valence-corrected chi connectivity index (χ1v) is 12.5. The molecular weight excluding hydrogens is 499 g/mol. The lowest BCUT2D eigenvalue weighted by atomic mass is 9.91. The van der Waals surface area contributed by atoms with Gasteiger partial charge in [0.1, 0.15) is 23.4 Å². The smallest absolute Gasteiger partial charge is 0.410 e. The molecular formula is C28H34ClFN2O5. The van der Waals surface area contributed by atoms with Gasteiger partial charge in [-0.25, -0.2) is 9.18 Å². The lowest BCUT2D eigenvalue weighted by molar-refractivity contribution is -0.156. The maximum Gasteiger partial charge on any atom is 0.410 e. The number of carbonyl (C=O) groups is 3. The molecule has 1 saturated heterocycles. The summed E-state index contributed by atoms with van der Waals surface area (Å²) < 4.78 is 24.7. The van der Waals surface area contributed by atoms with Crippen molar-refractivity contribution in [3.05, 3.63) is 64.4 Å². The Bertz CT molecular complexity index is 1130. The fourth-order valence-electron chi connectivity index (χ4n) is 3.90. The number of benzene rings is 2. The summed E-state index contributed by atoms with van der Waals surface area (Å²) in [4.78, 5) is 40.8. The Morgan fingerprint density at radius 2 is 1.57 bits per heavy atom. The number of rotatable bonds is 6. The Kier molecular flexibility index (Phi) is 8.52. The van der Waals surface area contributed by atoms with Crippen molar-refractivity contribution in [1.29, 1.82) is 0 Å². The minimum Gasteiger partial charge on any atom is -0.460 e. The van der Waals surface area contributed by atoms with E-state index in [4.69, 9.17) is 21.1 Å². The third-order valence-corrected chi connectivity index (χ3v) is 5.71. The Morgan fingerprint density at radius 3 is 2.11 bits per heavy atom. The summed E-state index contributed by atoms with van der Waals surface area (Å²) in [6.45, 7) is 11.8. The van der Waals surface area contributed by atoms with E-state index in [0.717, 1.165) is 5.56 Å². The fraction of sp³-hybridized carbons (Fsp3) is 0.464. The van der Waals surface area contributed by atoms with E-state index in [2.05, 4.69) is 0 Å². The Labute approximate surface area is 222 Å². The maximum atomic E-state index is 13.9. The van der Waals surface area contributed by atoms with Crippen LogP contribution in [0.3, 0.4) is 0 Å². The number of nitrogens with zero attached hydrogens (tertiary/aromatic N) is 2. The Balaban J connectivity index is 1.75. The molecule has 9 heteroatoms. The summed E-state index contributed by atoms with van der Waals surface area (Å²) in [5, 5.41) is 0.212. The normalized spacial score (nSPS) is 14.1. The molecule has 0 spiro atoms. The van der Waals surface area contributed by atoms with Gasteiger partial charge in [0.2, 0.25) is 5.91 Å². The van der Waals surface area contributed by atoms with E-state index in [9.17, 15) is 18.8 Å². The van der Waals surface area contributed by atoms with Gasteiger partial charge in [0, 0.05) is 29.7 Å². The zero-order valence-electron chi connectivity index (χ0n) is 22.1. The Morgan fingerprint density at radius 1 is 0.973 bits per heavy atom. The van der Waals surface area contributed by atoms with Crippen LogP contribution in [-0.2, 0) is 25.6 Å². The molecule has 0 N–H and O–H groups in total. The van der Waals surface area contributed by atoms with Crippen molar-refractivity contribution in [2.75, 3.05) is 18.0 Å². The van der Waals surface area contributed by atoms with Crippen molar-refractivity contribution in [3.63, 3.8) is 0 Å². The fourth-order valence-corrected chi connectivity index (χ4v) is 4.14. The molecule has 37 heavy (non-hydrogen) atoms. The first-order valence-electron chi connectivity index (χ1n) is 12.1. The largest absolute Gasteiger partial charge is 0.460 e. The minimum atomic E-state index is -0.726. The second kappa shape index (κ2) is 11.1. The summed E-state index contributed by atoms with van der Waals surface area (Å²) in [5.41, 5.74) is 0.762. The minimum absolute atomic E-state index is 0.0221. The van der Waals surface area contributed by atoms with Crippen molar-refractivity contribution < 1.29 is 28.2 Å². The molecule has 0 atom stereocenters. The molecule has 0 unspecified atom stereocenters. The van der Waals surface area contributed by atoms with E-state index in [1.807, 2.05) is 32.9 Å². The predicted octanol–water partition coefficient (Wildman–Crippen LogP) is 6.08. The number of likely N-dealkylation sites (tertiary alicyclic amines) is 1. The number of carbonyl (C=O) groups excluding carboxylic acids is 3. The van der Waals surface area contributed by atoms with Crippen LogP contribution in [-0.4, -0.2) is 47.2 Å². The molecule has 200 valence electrons. The van der Waals surface area contributed by atoms with E-state index in [1.165, 1.54) is 17.0 Å². The molecule has 2 amide bonds. The zero-order chi connectivity index (χ0) is 27.5. The van der Waals surface area contributed by atoms with Gasteiger partial charge in [0.25, 0.3) is 0 Å². The number of hydrogen-bond donors (Lipinski definition) is 0. The summed E-state index contributed by atoms with van der Waals surface area (Å²) in [5.74, 6) is -1.50. The number of halogens is 2. The van der Waals surface area contributed by atoms with Crippen LogP contribution in [0.1, 0.15) is 65.0 Å².